The van der Waals surface area contributed by atoms with Gasteiger partial charge >= 0.3 is 0 Å². The molecule has 0 bridgehead atoms. The van der Waals surface area contributed by atoms with Crippen LogP contribution in [0.4, 0.5) is 0 Å². The Morgan fingerprint density at radius 2 is 2.00 bits per heavy atom. The molecule has 62 valence electrons. The Balaban J connectivity index is 3.80. The normalized spacial score (nSPS) is 18.6. The zero-order valence-corrected chi connectivity index (χ0v) is 11.2. The van der Waals surface area contributed by atoms with E-state index in [4.69, 9.17) is 0 Å². The highest BCUT2D eigenvalue weighted by Gasteiger charge is 2.16. The van der Waals surface area contributed by atoms with Crippen molar-refractivity contribution in [3.8, 4) is 0 Å². The first-order valence-electron chi connectivity index (χ1n) is 3.63. The Kier molecular flexibility index (Phi) is 7.34. The van der Waals surface area contributed by atoms with E-state index < -0.39 is 0 Å². The average Bonchev–Trinajstić information content (AvgIpc) is 1.88. The monoisotopic (exact) mass is 214 g/mol. The van der Waals surface area contributed by atoms with Crippen molar-refractivity contribution < 1.29 is 0 Å². The van der Waals surface area contributed by atoms with Crippen LogP contribution in [0.3, 0.4) is 0 Å². The van der Waals surface area contributed by atoms with Crippen LogP contribution in [0, 0.1) is 5.92 Å². The first-order chi connectivity index (χ1) is 4.63. The summed E-state index contributed by atoms with van der Waals surface area (Å²) < 4.78 is 0. The molecule has 0 saturated heterocycles. The maximum Gasteiger partial charge on any atom is -0.0115 e. The van der Waals surface area contributed by atoms with Crippen LogP contribution >= 0.6 is 33.1 Å². The van der Waals surface area contributed by atoms with Gasteiger partial charge in [0.15, 0.2) is 0 Å². The van der Waals surface area contributed by atoms with Crippen LogP contribution in [0.5, 0.6) is 0 Å². The van der Waals surface area contributed by atoms with E-state index >= 15 is 0 Å². The Morgan fingerprint density at radius 1 is 1.50 bits per heavy atom. The van der Waals surface area contributed by atoms with Crippen molar-refractivity contribution in [2.45, 2.75) is 32.9 Å². The van der Waals surface area contributed by atoms with Crippen LogP contribution in [0.2, 0.25) is 0 Å². The van der Waals surface area contributed by atoms with Gasteiger partial charge in [-0.05, 0) is 18.0 Å². The molecule has 0 aromatic heterocycles. The standard InChI is InChI=1S/C6H18P4/c1-4-6(5(2)3)10(8)9-7/h5-6,9H,4,7-8H2,1-3H3. The first-order valence-corrected chi connectivity index (χ1v) is 10.3. The molecule has 0 spiro atoms. The predicted octanol–water partition coefficient (Wildman–Crippen LogP) is 4.08. The lowest BCUT2D eigenvalue weighted by molar-refractivity contribution is 0.591. The van der Waals surface area contributed by atoms with E-state index in [-0.39, 0.29) is 7.30 Å². The number of hydrogen-bond acceptors (Lipinski definition) is 0. The molecule has 0 aliphatic carbocycles. The highest BCUT2D eigenvalue weighted by atomic mass is 32.6. The van der Waals surface area contributed by atoms with Gasteiger partial charge in [-0.1, -0.05) is 36.0 Å². The smallest absolute Gasteiger partial charge is 0.0115 e. The second kappa shape index (κ2) is 6.26. The predicted molar refractivity (Wildman–Crippen MR) is 63.6 cm³/mol. The van der Waals surface area contributed by atoms with Gasteiger partial charge in [-0.2, -0.15) is 0 Å². The largest absolute Gasteiger partial charge is 0.110 e. The van der Waals surface area contributed by atoms with Crippen LogP contribution in [-0.2, 0) is 0 Å². The second-order valence-electron chi connectivity index (χ2n) is 2.76. The Morgan fingerprint density at radius 3 is 2.10 bits per heavy atom. The molecule has 0 rings (SSSR count). The molecule has 4 heteroatoms. The van der Waals surface area contributed by atoms with E-state index in [0.29, 0.717) is 0 Å². The molecule has 0 aliphatic heterocycles. The lowest BCUT2D eigenvalue weighted by atomic mass is 10.1. The van der Waals surface area contributed by atoms with E-state index in [2.05, 4.69) is 38.6 Å². The lowest BCUT2D eigenvalue weighted by Gasteiger charge is -2.24. The molecular formula is C6H18P4. The van der Waals surface area contributed by atoms with Gasteiger partial charge in [-0.3, -0.25) is 0 Å². The quantitative estimate of drug-likeness (QED) is 0.618. The third-order valence-electron chi connectivity index (χ3n) is 1.69. The number of hydrogen-bond donors (Lipinski definition) is 0. The van der Waals surface area contributed by atoms with Crippen molar-refractivity contribution in [3.63, 3.8) is 0 Å². The Labute approximate surface area is 72.3 Å². The third-order valence-corrected chi connectivity index (χ3v) is 13.4. The van der Waals surface area contributed by atoms with Gasteiger partial charge in [-0.15, -0.1) is 17.9 Å². The van der Waals surface area contributed by atoms with Crippen molar-refractivity contribution >= 4 is 33.1 Å². The van der Waals surface area contributed by atoms with Gasteiger partial charge in [0.1, 0.15) is 0 Å². The first kappa shape index (κ1) is 11.7. The zero-order valence-electron chi connectivity index (χ0n) is 6.96. The fraction of sp³-hybridized carbons (Fsp3) is 1.00. The molecule has 0 aliphatic rings. The van der Waals surface area contributed by atoms with E-state index in [0.717, 1.165) is 19.5 Å². The van der Waals surface area contributed by atoms with E-state index in [9.17, 15) is 0 Å². The van der Waals surface area contributed by atoms with E-state index in [1.54, 1.807) is 0 Å². The minimum Gasteiger partial charge on any atom is -0.110 e. The van der Waals surface area contributed by atoms with Crippen LogP contribution < -0.4 is 0 Å². The van der Waals surface area contributed by atoms with Crippen LogP contribution in [0.25, 0.3) is 0 Å². The van der Waals surface area contributed by atoms with Gasteiger partial charge < -0.3 is 0 Å². The van der Waals surface area contributed by atoms with Crippen LogP contribution in [0.1, 0.15) is 27.2 Å². The lowest BCUT2D eigenvalue weighted by Crippen LogP contribution is -2.07. The summed E-state index contributed by atoms with van der Waals surface area (Å²) in [6.07, 6.45) is 1.34. The minimum atomic E-state index is 0.226. The summed E-state index contributed by atoms with van der Waals surface area (Å²) in [5.41, 5.74) is 0.954. The summed E-state index contributed by atoms with van der Waals surface area (Å²) in [6, 6.07) is 0. The summed E-state index contributed by atoms with van der Waals surface area (Å²) in [7, 11) is 7.17. The topological polar surface area (TPSA) is 0 Å². The van der Waals surface area contributed by atoms with Gasteiger partial charge in [0.05, 0.1) is 0 Å². The van der Waals surface area contributed by atoms with E-state index in [1.807, 2.05) is 0 Å². The SMILES string of the molecule is CCC(C(C)C)P(P)PP. The van der Waals surface area contributed by atoms with Crippen molar-refractivity contribution in [1.82, 2.24) is 0 Å². The third kappa shape index (κ3) is 3.93. The molecule has 10 heavy (non-hydrogen) atoms. The molecule has 5 unspecified atom stereocenters. The summed E-state index contributed by atoms with van der Waals surface area (Å²) in [5.74, 6) is 0.863. The van der Waals surface area contributed by atoms with Crippen molar-refractivity contribution in [2.75, 3.05) is 0 Å². The van der Waals surface area contributed by atoms with Gasteiger partial charge in [0.25, 0.3) is 0 Å². The maximum atomic E-state index is 3.02. The van der Waals surface area contributed by atoms with Gasteiger partial charge in [0.2, 0.25) is 0 Å². The molecule has 0 aromatic carbocycles. The fourth-order valence-corrected chi connectivity index (χ4v) is 7.72. The molecule has 0 fully saturated rings. The summed E-state index contributed by atoms with van der Waals surface area (Å²) >= 11 is 0. The molecule has 0 heterocycles. The second-order valence-corrected chi connectivity index (χ2v) is 12.4. The number of rotatable bonds is 4. The zero-order chi connectivity index (χ0) is 8.15. The van der Waals surface area contributed by atoms with E-state index in [1.165, 1.54) is 6.42 Å². The van der Waals surface area contributed by atoms with Gasteiger partial charge in [-0.25, -0.2) is 0 Å². The molecule has 0 N–H and O–H groups in total. The molecular weight excluding hydrogens is 196 g/mol. The molecule has 0 saturated carbocycles. The van der Waals surface area contributed by atoms with Crippen molar-refractivity contribution in [2.24, 2.45) is 5.92 Å². The molecule has 0 radical (unpaired) electrons. The molecule has 5 atom stereocenters. The summed E-state index contributed by atoms with van der Waals surface area (Å²) in [6.45, 7) is 6.96. The fourth-order valence-electron chi connectivity index (χ4n) is 1.09. The van der Waals surface area contributed by atoms with Crippen molar-refractivity contribution in [3.05, 3.63) is 0 Å². The maximum absolute atomic E-state index is 3.02. The highest BCUT2D eigenvalue weighted by molar-refractivity contribution is 8.61. The summed E-state index contributed by atoms with van der Waals surface area (Å²) in [5, 5.41) is 0. The summed E-state index contributed by atoms with van der Waals surface area (Å²) in [4.78, 5) is 0. The molecule has 0 amide bonds. The Hall–Kier alpha value is 1.72. The average molecular weight is 214 g/mol. The molecule has 0 aromatic rings. The Bertz CT molecular complexity index is 83.8. The molecule has 0 nitrogen and oxygen atoms in total. The van der Waals surface area contributed by atoms with Crippen LogP contribution in [-0.4, -0.2) is 5.66 Å². The van der Waals surface area contributed by atoms with Gasteiger partial charge in [0, 0.05) is 0 Å². The van der Waals surface area contributed by atoms with Crippen LogP contribution in [0.15, 0.2) is 0 Å². The van der Waals surface area contributed by atoms with Crippen molar-refractivity contribution in [1.29, 1.82) is 0 Å². The highest BCUT2D eigenvalue weighted by Crippen LogP contribution is 2.70. The minimum absolute atomic E-state index is 0.226.